The molecule has 1 aromatic carbocycles. The van der Waals surface area contributed by atoms with E-state index >= 15 is 0 Å². The lowest BCUT2D eigenvalue weighted by Gasteiger charge is -2.31. The third-order valence-electron chi connectivity index (χ3n) is 4.55. The van der Waals surface area contributed by atoms with Crippen LogP contribution in [0.25, 0.3) is 0 Å². The highest BCUT2D eigenvalue weighted by Gasteiger charge is 2.61. The van der Waals surface area contributed by atoms with Crippen LogP contribution in [0.3, 0.4) is 0 Å². The van der Waals surface area contributed by atoms with Crippen LogP contribution >= 0.6 is 0 Å². The summed E-state index contributed by atoms with van der Waals surface area (Å²) in [5.74, 6) is 0.948. The van der Waals surface area contributed by atoms with Crippen LogP contribution < -0.4 is 11.4 Å². The van der Waals surface area contributed by atoms with E-state index in [-0.39, 0.29) is 18.0 Å². The minimum absolute atomic E-state index is 0.0136. The first-order valence-corrected chi connectivity index (χ1v) is 8.42. The molecule has 9 heteroatoms. The molecule has 0 bridgehead atoms. The van der Waals surface area contributed by atoms with Crippen molar-refractivity contribution in [3.63, 3.8) is 0 Å². The molecule has 0 aliphatic carbocycles. The number of carbonyl (C=O) groups is 1. The second kappa shape index (κ2) is 7.44. The second-order valence-corrected chi connectivity index (χ2v) is 6.35. The Kier molecular flexibility index (Phi) is 5.20. The first kappa shape index (κ1) is 19.6. The first-order chi connectivity index (χ1) is 13.3. The maximum absolute atomic E-state index is 13.0. The quantitative estimate of drug-likeness (QED) is 0.466. The lowest BCUT2D eigenvalue weighted by Crippen LogP contribution is -2.56. The van der Waals surface area contributed by atoms with Gasteiger partial charge in [-0.05, 0) is 12.5 Å². The number of nitrogen functional groups attached to an aromatic ring is 1. The molecule has 1 saturated heterocycles. The Morgan fingerprint density at radius 3 is 2.68 bits per heavy atom. The number of esters is 1. The van der Waals surface area contributed by atoms with Crippen LogP contribution in [0.1, 0.15) is 18.1 Å². The molecule has 1 aromatic heterocycles. The molecule has 28 heavy (non-hydrogen) atoms. The van der Waals surface area contributed by atoms with E-state index in [1.165, 1.54) is 6.92 Å². The average Bonchev–Trinajstić information content (AvgIpc) is 2.92. The van der Waals surface area contributed by atoms with Gasteiger partial charge in [0.05, 0.1) is 11.7 Å². The molecule has 0 unspecified atom stereocenters. The van der Waals surface area contributed by atoms with E-state index in [1.807, 2.05) is 0 Å². The molecule has 0 radical (unpaired) electrons. The standard InChI is InChI=1S/C19H19N3O6/c1-3-13-9-22(18(26)21-16(13)20)19(15(24)14(23)11(2)28-19)17(25)27-10-12-7-5-4-6-8-12/h1,4-9,11,14-15,23-24H,10H2,2H3,(H2,20,21,26)/t11-,14-,15-,19+/m1/s1. The normalized spacial score (nSPS) is 26.6. The first-order valence-electron chi connectivity index (χ1n) is 8.42. The summed E-state index contributed by atoms with van der Waals surface area (Å²) in [6.07, 6.45) is 2.19. The molecule has 2 aromatic rings. The van der Waals surface area contributed by atoms with Gasteiger partial charge in [0.25, 0.3) is 5.72 Å². The van der Waals surface area contributed by atoms with E-state index in [0.29, 0.717) is 10.1 Å². The Morgan fingerprint density at radius 2 is 2.11 bits per heavy atom. The maximum Gasteiger partial charge on any atom is 0.363 e. The van der Waals surface area contributed by atoms with Crippen LogP contribution in [0, 0.1) is 12.3 Å². The average molecular weight is 385 g/mol. The number of ether oxygens (including phenoxy) is 2. The number of nitrogens with zero attached hydrogens (tertiary/aromatic N) is 2. The Bertz CT molecular complexity index is 983. The molecule has 4 atom stereocenters. The summed E-state index contributed by atoms with van der Waals surface area (Å²) >= 11 is 0. The van der Waals surface area contributed by atoms with Gasteiger partial charge < -0.3 is 25.4 Å². The number of benzene rings is 1. The molecule has 4 N–H and O–H groups in total. The Hall–Kier alpha value is -3.19. The van der Waals surface area contributed by atoms with Crippen LogP contribution in [0.15, 0.2) is 41.3 Å². The minimum Gasteiger partial charge on any atom is -0.457 e. The van der Waals surface area contributed by atoms with E-state index < -0.39 is 35.7 Å². The Labute approximate surface area is 160 Å². The fraction of sp³-hybridized carbons (Fsp3) is 0.316. The highest BCUT2D eigenvalue weighted by molar-refractivity contribution is 5.79. The zero-order chi connectivity index (χ0) is 20.5. The highest BCUT2D eigenvalue weighted by atomic mass is 16.6. The van der Waals surface area contributed by atoms with Gasteiger partial charge in [-0.25, -0.2) is 9.59 Å². The molecule has 9 nitrogen and oxygen atoms in total. The summed E-state index contributed by atoms with van der Waals surface area (Å²) in [6.45, 7) is 1.30. The molecule has 0 amide bonds. The van der Waals surface area contributed by atoms with Crippen LogP contribution in [-0.2, 0) is 26.6 Å². The summed E-state index contributed by atoms with van der Waals surface area (Å²) < 4.78 is 11.6. The number of aliphatic hydroxyl groups is 2. The Morgan fingerprint density at radius 1 is 1.43 bits per heavy atom. The molecule has 0 saturated carbocycles. The number of anilines is 1. The van der Waals surface area contributed by atoms with Crippen molar-refractivity contribution in [2.24, 2.45) is 0 Å². The van der Waals surface area contributed by atoms with Gasteiger partial charge in [0.2, 0.25) is 0 Å². The lowest BCUT2D eigenvalue weighted by molar-refractivity contribution is -0.201. The van der Waals surface area contributed by atoms with Gasteiger partial charge in [0.15, 0.2) is 0 Å². The largest absolute Gasteiger partial charge is 0.457 e. The Balaban J connectivity index is 2.06. The molecular formula is C19H19N3O6. The molecule has 1 aliphatic rings. The summed E-state index contributed by atoms with van der Waals surface area (Å²) in [4.78, 5) is 29.0. The molecule has 3 rings (SSSR count). The van der Waals surface area contributed by atoms with Gasteiger partial charge >= 0.3 is 11.7 Å². The van der Waals surface area contributed by atoms with Gasteiger partial charge in [0, 0.05) is 6.20 Å². The third kappa shape index (κ3) is 3.14. The summed E-state index contributed by atoms with van der Waals surface area (Å²) in [5, 5.41) is 20.8. The predicted octanol–water partition coefficient (Wildman–Crippen LogP) is -0.656. The third-order valence-corrected chi connectivity index (χ3v) is 4.55. The van der Waals surface area contributed by atoms with Crippen molar-refractivity contribution in [3.05, 3.63) is 58.1 Å². The smallest absolute Gasteiger partial charge is 0.363 e. The molecular weight excluding hydrogens is 366 g/mol. The maximum atomic E-state index is 13.0. The van der Waals surface area contributed by atoms with Crippen LogP contribution in [0.4, 0.5) is 5.82 Å². The number of aliphatic hydroxyl groups excluding tert-OH is 2. The number of carbonyl (C=O) groups excluding carboxylic acids is 1. The second-order valence-electron chi connectivity index (χ2n) is 6.35. The van der Waals surface area contributed by atoms with E-state index in [2.05, 4.69) is 10.9 Å². The van der Waals surface area contributed by atoms with Crippen LogP contribution in [-0.4, -0.2) is 44.0 Å². The summed E-state index contributed by atoms with van der Waals surface area (Å²) in [5.41, 5.74) is 2.94. The number of aromatic nitrogens is 2. The molecule has 1 aliphatic heterocycles. The van der Waals surface area contributed by atoms with Crippen molar-refractivity contribution < 1.29 is 24.5 Å². The summed E-state index contributed by atoms with van der Waals surface area (Å²) in [6, 6.07) is 8.79. The molecule has 2 heterocycles. The highest BCUT2D eigenvalue weighted by Crippen LogP contribution is 2.36. The fourth-order valence-corrected chi connectivity index (χ4v) is 3.02. The number of rotatable bonds is 4. The number of terminal acetylenes is 1. The van der Waals surface area contributed by atoms with Crippen molar-refractivity contribution in [2.45, 2.75) is 37.6 Å². The number of hydrogen-bond acceptors (Lipinski definition) is 8. The van der Waals surface area contributed by atoms with Gasteiger partial charge in [-0.15, -0.1) is 6.42 Å². The van der Waals surface area contributed by atoms with Crippen LogP contribution in [0.5, 0.6) is 0 Å². The SMILES string of the molecule is C#Cc1cn([C@]2(C(=O)OCc3ccccc3)O[C@H](C)[C@@H](O)[C@H]2O)c(=O)nc1N. The lowest BCUT2D eigenvalue weighted by atomic mass is 10.0. The van der Waals surface area contributed by atoms with Crippen molar-refractivity contribution >= 4 is 11.8 Å². The number of nitrogens with two attached hydrogens (primary N) is 1. The zero-order valence-corrected chi connectivity index (χ0v) is 15.0. The zero-order valence-electron chi connectivity index (χ0n) is 15.0. The summed E-state index contributed by atoms with van der Waals surface area (Å²) in [7, 11) is 0. The predicted molar refractivity (Wildman–Crippen MR) is 97.6 cm³/mol. The van der Waals surface area contributed by atoms with Gasteiger partial charge in [-0.2, -0.15) is 4.98 Å². The fourth-order valence-electron chi connectivity index (χ4n) is 3.02. The minimum atomic E-state index is -2.36. The van der Waals surface area contributed by atoms with Gasteiger partial charge in [-0.1, -0.05) is 36.3 Å². The van der Waals surface area contributed by atoms with E-state index in [9.17, 15) is 19.8 Å². The van der Waals surface area contributed by atoms with Crippen molar-refractivity contribution in [3.8, 4) is 12.3 Å². The molecule has 146 valence electrons. The number of hydrogen-bond donors (Lipinski definition) is 3. The van der Waals surface area contributed by atoms with Crippen molar-refractivity contribution in [2.75, 3.05) is 5.73 Å². The van der Waals surface area contributed by atoms with Crippen molar-refractivity contribution in [1.29, 1.82) is 0 Å². The van der Waals surface area contributed by atoms with Gasteiger partial charge in [-0.3, -0.25) is 4.57 Å². The van der Waals surface area contributed by atoms with E-state index in [4.69, 9.17) is 21.6 Å². The van der Waals surface area contributed by atoms with E-state index in [0.717, 1.165) is 6.20 Å². The monoisotopic (exact) mass is 385 g/mol. The molecule has 1 fully saturated rings. The van der Waals surface area contributed by atoms with E-state index in [1.54, 1.807) is 30.3 Å². The topological polar surface area (TPSA) is 137 Å². The van der Waals surface area contributed by atoms with Gasteiger partial charge in [0.1, 0.15) is 24.6 Å². The van der Waals surface area contributed by atoms with Crippen LogP contribution in [0.2, 0.25) is 0 Å². The van der Waals surface area contributed by atoms with Crippen molar-refractivity contribution in [1.82, 2.24) is 9.55 Å². The molecule has 0 spiro atoms.